The molecule has 96 heavy (non-hydrogen) atoms. The molecule has 0 saturated heterocycles. The summed E-state index contributed by atoms with van der Waals surface area (Å²) in [5, 5.41) is 0. The molecule has 0 saturated carbocycles. The van der Waals surface area contributed by atoms with Crippen molar-refractivity contribution in [3.63, 3.8) is 0 Å². The number of carbonyl (C=O) groups is 4. The standard InChI is InChI=1S/C84H132N4O8/c1-21-29-37-85(38-30-22-2)73(89)57-93-77-61-45-63-51-70(82(12,13)14)53-65(78(63)94-58-74(90)86(39-31-23-3)40-32-24-4)47-67-55-72(84(18,19)20)56-68(80(67)96-60-76(92)88(43-35-27-7)44-36-28-8)48-66-54-71(83(15,16)17)52-64(46-62(77)50-69(49-61)81(9,10)11)79(66)95-59-75(91)87(41-33-25-5)42-34-26-6/h49-56H,21-48,57-60H2,1-20H3. The van der Waals surface area contributed by atoms with E-state index in [1.807, 2.05) is 19.6 Å². The average Bonchev–Trinajstić information content (AvgIpc) is 0.766. The summed E-state index contributed by atoms with van der Waals surface area (Å²) >= 11 is 0. The van der Waals surface area contributed by atoms with Crippen LogP contribution in [0, 0.1) is 0 Å². The fourth-order valence-corrected chi connectivity index (χ4v) is 12.5. The Hall–Kier alpha value is -6.04. The minimum Gasteiger partial charge on any atom is -0.483 e. The van der Waals surface area contributed by atoms with Gasteiger partial charge in [-0.3, -0.25) is 19.2 Å². The summed E-state index contributed by atoms with van der Waals surface area (Å²) in [6.45, 7) is 48.9. The summed E-state index contributed by atoms with van der Waals surface area (Å²) < 4.78 is 29.1. The van der Waals surface area contributed by atoms with E-state index >= 15 is 0 Å². The quantitative estimate of drug-likeness (QED) is 0.0389. The average molecular weight is 1330 g/mol. The van der Waals surface area contributed by atoms with E-state index in [1.54, 1.807) is 0 Å². The monoisotopic (exact) mass is 1330 g/mol. The highest BCUT2D eigenvalue weighted by molar-refractivity contribution is 5.80. The smallest absolute Gasteiger partial charge is 0.260 e. The lowest BCUT2D eigenvalue weighted by atomic mass is 9.79. The Morgan fingerprint density at radius 2 is 0.406 bits per heavy atom. The molecule has 1 aliphatic carbocycles. The van der Waals surface area contributed by atoms with Crippen LogP contribution in [0.1, 0.15) is 308 Å². The minimum absolute atomic E-state index is 0.0496. The molecule has 4 amide bonds. The molecule has 12 heteroatoms. The minimum atomic E-state index is -0.334. The van der Waals surface area contributed by atoms with Gasteiger partial charge in [-0.2, -0.15) is 0 Å². The highest BCUT2D eigenvalue weighted by Gasteiger charge is 2.32. The van der Waals surface area contributed by atoms with Crippen molar-refractivity contribution in [3.05, 3.63) is 115 Å². The molecule has 0 heterocycles. The highest BCUT2D eigenvalue weighted by atomic mass is 16.5. The van der Waals surface area contributed by atoms with Crippen LogP contribution in [0.3, 0.4) is 0 Å². The van der Waals surface area contributed by atoms with Gasteiger partial charge in [-0.05, 0) is 140 Å². The number of hydrogen-bond donors (Lipinski definition) is 0. The molecule has 4 aromatic carbocycles. The second-order valence-electron chi connectivity index (χ2n) is 31.7. The largest absolute Gasteiger partial charge is 0.483 e. The first-order valence-electron chi connectivity index (χ1n) is 37.7. The van der Waals surface area contributed by atoms with Gasteiger partial charge in [0.05, 0.1) is 0 Å². The molecule has 0 N–H and O–H groups in total. The molecule has 8 bridgehead atoms. The molecule has 0 fully saturated rings. The van der Waals surface area contributed by atoms with E-state index in [1.165, 1.54) is 0 Å². The first-order valence-corrected chi connectivity index (χ1v) is 37.7. The number of amides is 4. The molecule has 0 aliphatic heterocycles. The van der Waals surface area contributed by atoms with E-state index in [-0.39, 0.29) is 71.7 Å². The summed E-state index contributed by atoms with van der Waals surface area (Å²) in [6, 6.07) is 18.2. The second kappa shape index (κ2) is 38.4. The summed E-state index contributed by atoms with van der Waals surface area (Å²) in [6.07, 6.45) is 16.3. The van der Waals surface area contributed by atoms with E-state index in [9.17, 15) is 19.2 Å². The maximum Gasteiger partial charge on any atom is 0.260 e. The SMILES string of the molecule is CCCCN(CCCC)C(=O)COc1c2cc(C(C)(C)C)cc1Cc1cc(C(C)(C)C)cc(c1OCC(=O)N(CCCC)CCCC)Cc1cc(C(C)(C)C)cc(c1OCC(=O)N(CCCC)CCCC)Cc1cc(C(C)(C)C)cc(c1OCC(=O)N(CCCC)CCCC)C2. The zero-order chi connectivity index (χ0) is 71.0. The van der Waals surface area contributed by atoms with Crippen molar-refractivity contribution < 1.29 is 38.1 Å². The number of nitrogens with zero attached hydrogens (tertiary/aromatic N) is 4. The van der Waals surface area contributed by atoms with Gasteiger partial charge in [-0.1, -0.05) is 238 Å². The zero-order valence-electron chi connectivity index (χ0n) is 64.3. The van der Waals surface area contributed by atoms with E-state index in [0.717, 1.165) is 169 Å². The molecular weight excluding hydrogens is 1190 g/mol. The van der Waals surface area contributed by atoms with E-state index in [2.05, 4.69) is 187 Å². The van der Waals surface area contributed by atoms with Crippen LogP contribution in [0.2, 0.25) is 0 Å². The summed E-state index contributed by atoms with van der Waals surface area (Å²) in [4.78, 5) is 67.3. The van der Waals surface area contributed by atoms with Gasteiger partial charge < -0.3 is 38.5 Å². The van der Waals surface area contributed by atoms with Crippen molar-refractivity contribution in [3.8, 4) is 23.0 Å². The Kier molecular flexibility index (Phi) is 32.2. The van der Waals surface area contributed by atoms with Gasteiger partial charge >= 0.3 is 0 Å². The lowest BCUT2D eigenvalue weighted by Gasteiger charge is -2.30. The molecule has 4 aromatic rings. The number of hydrogen-bond acceptors (Lipinski definition) is 8. The normalized spacial score (nSPS) is 12.7. The topological polar surface area (TPSA) is 118 Å². The number of fused-ring (bicyclic) bond motifs is 8. The Labute approximate surface area is 584 Å². The molecule has 0 spiro atoms. The Morgan fingerprint density at radius 1 is 0.271 bits per heavy atom. The molecular formula is C84H132N4O8. The number of ether oxygens (including phenoxy) is 4. The lowest BCUT2D eigenvalue weighted by Crippen LogP contribution is -2.37. The van der Waals surface area contributed by atoms with Crippen LogP contribution in [0.15, 0.2) is 48.5 Å². The van der Waals surface area contributed by atoms with Crippen molar-refractivity contribution in [2.45, 2.75) is 289 Å². The zero-order valence-corrected chi connectivity index (χ0v) is 64.3. The van der Waals surface area contributed by atoms with Crippen molar-refractivity contribution in [2.24, 2.45) is 0 Å². The molecule has 536 valence electrons. The Bertz CT molecular complexity index is 2580. The fourth-order valence-electron chi connectivity index (χ4n) is 12.5. The predicted molar refractivity (Wildman–Crippen MR) is 399 cm³/mol. The highest BCUT2D eigenvalue weighted by Crippen LogP contribution is 2.45. The molecule has 0 radical (unpaired) electrons. The van der Waals surface area contributed by atoms with E-state index in [4.69, 9.17) is 18.9 Å². The van der Waals surface area contributed by atoms with Gasteiger partial charge in [0.25, 0.3) is 23.6 Å². The van der Waals surface area contributed by atoms with Crippen LogP contribution >= 0.6 is 0 Å². The van der Waals surface area contributed by atoms with Crippen LogP contribution in [0.25, 0.3) is 0 Å². The van der Waals surface area contributed by atoms with Gasteiger partial charge in [-0.15, -0.1) is 0 Å². The van der Waals surface area contributed by atoms with Crippen LogP contribution < -0.4 is 18.9 Å². The third kappa shape index (κ3) is 24.2. The molecule has 1 aliphatic rings. The second-order valence-corrected chi connectivity index (χ2v) is 31.7. The van der Waals surface area contributed by atoms with Crippen molar-refractivity contribution in [1.29, 1.82) is 0 Å². The van der Waals surface area contributed by atoms with Crippen LogP contribution in [-0.4, -0.2) is 122 Å². The fraction of sp³-hybridized carbons (Fsp3) is 0.667. The maximum absolute atomic E-state index is 14.8. The van der Waals surface area contributed by atoms with Crippen LogP contribution in [0.4, 0.5) is 0 Å². The van der Waals surface area contributed by atoms with Crippen molar-refractivity contribution >= 4 is 23.6 Å². The summed E-state index contributed by atoms with van der Waals surface area (Å²) in [5.41, 5.74) is 10.2. The number of rotatable bonds is 36. The number of carbonyl (C=O) groups excluding carboxylic acids is 4. The molecule has 12 nitrogen and oxygen atoms in total. The third-order valence-electron chi connectivity index (χ3n) is 19.0. The van der Waals surface area contributed by atoms with Crippen LogP contribution in [0.5, 0.6) is 23.0 Å². The lowest BCUT2D eigenvalue weighted by molar-refractivity contribution is -0.134. The predicted octanol–water partition coefficient (Wildman–Crippen LogP) is 18.8. The molecule has 5 rings (SSSR count). The van der Waals surface area contributed by atoms with E-state index < -0.39 is 0 Å². The van der Waals surface area contributed by atoms with Crippen molar-refractivity contribution in [1.82, 2.24) is 19.6 Å². The van der Waals surface area contributed by atoms with Gasteiger partial charge in [0, 0.05) is 78.0 Å². The van der Waals surface area contributed by atoms with Crippen molar-refractivity contribution in [2.75, 3.05) is 78.8 Å². The van der Waals surface area contributed by atoms with Gasteiger partial charge in [0.2, 0.25) is 0 Å². The molecule has 0 aromatic heterocycles. The number of unbranched alkanes of at least 4 members (excludes halogenated alkanes) is 8. The van der Waals surface area contributed by atoms with Gasteiger partial charge in [-0.25, -0.2) is 0 Å². The first kappa shape index (κ1) is 80.6. The number of benzene rings is 4. The maximum atomic E-state index is 14.8. The summed E-state index contributed by atoms with van der Waals surface area (Å²) in [5.74, 6) is 2.33. The first-order chi connectivity index (χ1) is 45.5. The molecule has 0 unspecified atom stereocenters. The third-order valence-corrected chi connectivity index (χ3v) is 19.0. The van der Waals surface area contributed by atoms with Crippen LogP contribution in [-0.2, 0) is 66.5 Å². The summed E-state index contributed by atoms with van der Waals surface area (Å²) in [7, 11) is 0. The molecule has 0 atom stereocenters. The Balaban J connectivity index is 2.06. The van der Waals surface area contributed by atoms with Gasteiger partial charge in [0.1, 0.15) is 23.0 Å². The van der Waals surface area contributed by atoms with Gasteiger partial charge in [0.15, 0.2) is 26.4 Å². The Morgan fingerprint density at radius 3 is 0.521 bits per heavy atom. The van der Waals surface area contributed by atoms with E-state index in [0.29, 0.717) is 101 Å².